The topological polar surface area (TPSA) is 65.9 Å². The lowest BCUT2D eigenvalue weighted by atomic mass is 9.98. The number of allylic oxidation sites excluding steroid dienone is 3. The molecule has 140 valence electrons. The van der Waals surface area contributed by atoms with Crippen molar-refractivity contribution in [3.63, 3.8) is 0 Å². The van der Waals surface area contributed by atoms with E-state index in [2.05, 4.69) is 0 Å². The molecule has 0 spiro atoms. The molecule has 0 atom stereocenters. The maximum atomic E-state index is 13.4. The fraction of sp³-hybridized carbons (Fsp3) is 0.316. The third kappa shape index (κ3) is 3.40. The van der Waals surface area contributed by atoms with Crippen LogP contribution in [0.15, 0.2) is 47.7 Å². The number of likely N-dealkylation sites (N-methyl/N-ethyl adjacent to an activating group) is 1. The monoisotopic (exact) mass is 375 g/mol. The van der Waals surface area contributed by atoms with Gasteiger partial charge in [0.1, 0.15) is 0 Å². The number of anilines is 2. The minimum atomic E-state index is -3.53. The number of rotatable bonds is 6. The van der Waals surface area contributed by atoms with Crippen LogP contribution >= 0.6 is 7.60 Å². The third-order valence-electron chi connectivity index (χ3n) is 4.39. The highest BCUT2D eigenvalue weighted by atomic mass is 31.2. The van der Waals surface area contributed by atoms with Gasteiger partial charge in [-0.2, -0.15) is 0 Å². The Labute approximate surface area is 155 Å². The summed E-state index contributed by atoms with van der Waals surface area (Å²) in [4.78, 5) is 4.06. The quantitative estimate of drug-likeness (QED) is 0.585. The zero-order chi connectivity index (χ0) is 19.5. The summed E-state index contributed by atoms with van der Waals surface area (Å²) >= 11 is 0. The van der Waals surface area contributed by atoms with Crippen molar-refractivity contribution in [3.05, 3.63) is 53.3 Å². The third-order valence-corrected chi connectivity index (χ3v) is 6.38. The van der Waals surface area contributed by atoms with E-state index in [0.717, 1.165) is 28.2 Å². The largest absolute Gasteiger partial charge is 0.378 e. The van der Waals surface area contributed by atoms with Gasteiger partial charge in [0, 0.05) is 64.1 Å². The number of nitrogens with zero attached hydrogens (tertiary/aromatic N) is 2. The van der Waals surface area contributed by atoms with Gasteiger partial charge in [-0.25, -0.2) is 0 Å². The van der Waals surface area contributed by atoms with Crippen LogP contribution in [0, 0.1) is 5.41 Å². The van der Waals surface area contributed by atoms with Gasteiger partial charge in [0.15, 0.2) is 0 Å². The van der Waals surface area contributed by atoms with Gasteiger partial charge < -0.3 is 24.3 Å². The van der Waals surface area contributed by atoms with Crippen LogP contribution < -0.4 is 9.80 Å². The van der Waals surface area contributed by atoms with E-state index in [1.165, 1.54) is 20.4 Å². The lowest BCUT2D eigenvalue weighted by Gasteiger charge is -2.35. The molecule has 0 saturated heterocycles. The molecule has 2 rings (SSSR count). The predicted molar refractivity (Wildman–Crippen MR) is 109 cm³/mol. The Hall–Kier alpha value is -2.14. The molecule has 0 fully saturated rings. The van der Waals surface area contributed by atoms with Crippen molar-refractivity contribution in [1.82, 2.24) is 0 Å². The van der Waals surface area contributed by atoms with Crippen LogP contribution in [-0.4, -0.2) is 41.6 Å². The number of fused-ring (bicyclic) bond motifs is 1. The molecule has 0 saturated carbocycles. The van der Waals surface area contributed by atoms with Crippen LogP contribution in [0.5, 0.6) is 0 Å². The normalized spacial score (nSPS) is 16.4. The summed E-state index contributed by atoms with van der Waals surface area (Å²) < 4.78 is 24.0. The lowest BCUT2D eigenvalue weighted by molar-refractivity contribution is 0.288. The van der Waals surface area contributed by atoms with E-state index in [-0.39, 0.29) is 0 Å². The molecule has 1 aromatic carbocycles. The fourth-order valence-corrected chi connectivity index (χ4v) is 4.55. The summed E-state index contributed by atoms with van der Waals surface area (Å²) in [5.74, 6) is 0. The number of benzene rings is 1. The second kappa shape index (κ2) is 8.04. The van der Waals surface area contributed by atoms with Crippen LogP contribution in [0.25, 0.3) is 5.31 Å². The van der Waals surface area contributed by atoms with E-state index in [9.17, 15) is 4.57 Å². The fourth-order valence-electron chi connectivity index (χ4n) is 3.06. The standard InChI is InChI=1S/C19H26N3O3P/c1-7-17-15(9-8-12-20)19(26(23,24-5)25-6)16-11-10-14(21(2)3)13-18(16)22(17)4/h7-13,20H,1-6H3/b9-8-,17-7+,20-12?. The first-order chi connectivity index (χ1) is 12.3. The second-order valence-electron chi connectivity index (χ2n) is 5.98. The number of nitrogens with one attached hydrogen (secondary N) is 1. The van der Waals surface area contributed by atoms with Crippen LogP contribution in [0.2, 0.25) is 0 Å². The van der Waals surface area contributed by atoms with Crippen molar-refractivity contribution in [2.75, 3.05) is 45.2 Å². The molecule has 0 aliphatic carbocycles. The molecule has 7 heteroatoms. The molecule has 1 aromatic rings. The van der Waals surface area contributed by atoms with Crippen molar-refractivity contribution in [3.8, 4) is 0 Å². The smallest absolute Gasteiger partial charge is 0.362 e. The van der Waals surface area contributed by atoms with Gasteiger partial charge in [-0.3, -0.25) is 4.57 Å². The van der Waals surface area contributed by atoms with Gasteiger partial charge in [-0.15, -0.1) is 0 Å². The van der Waals surface area contributed by atoms with Crippen molar-refractivity contribution in [2.45, 2.75) is 6.92 Å². The van der Waals surface area contributed by atoms with Crippen LogP contribution in [0.3, 0.4) is 0 Å². The summed E-state index contributed by atoms with van der Waals surface area (Å²) in [6.45, 7) is 1.92. The summed E-state index contributed by atoms with van der Waals surface area (Å²) in [5.41, 5.74) is 4.33. The average molecular weight is 375 g/mol. The SMILES string of the molecule is C/C=C1\C(/C=C\C=N)=C(P(=O)(OC)OC)c2ccc(N(C)C)cc2N1C. The minimum Gasteiger partial charge on any atom is -0.378 e. The minimum absolute atomic E-state index is 0.507. The lowest BCUT2D eigenvalue weighted by Crippen LogP contribution is -2.24. The van der Waals surface area contributed by atoms with E-state index in [1.807, 2.05) is 62.1 Å². The van der Waals surface area contributed by atoms with Crippen molar-refractivity contribution in [1.29, 1.82) is 5.41 Å². The molecule has 1 aliphatic heterocycles. The van der Waals surface area contributed by atoms with Gasteiger partial charge in [0.05, 0.1) is 11.0 Å². The van der Waals surface area contributed by atoms with E-state index < -0.39 is 7.60 Å². The molecular weight excluding hydrogens is 349 g/mol. The van der Waals surface area contributed by atoms with E-state index in [4.69, 9.17) is 14.5 Å². The maximum absolute atomic E-state index is 13.4. The molecule has 0 bridgehead atoms. The second-order valence-corrected chi connectivity index (χ2v) is 8.15. The molecule has 6 nitrogen and oxygen atoms in total. The van der Waals surface area contributed by atoms with E-state index in [0.29, 0.717) is 5.31 Å². The zero-order valence-corrected chi connectivity index (χ0v) is 17.0. The number of hydrogen-bond donors (Lipinski definition) is 1. The van der Waals surface area contributed by atoms with Crippen molar-refractivity contribution >= 4 is 30.5 Å². The molecule has 1 N–H and O–H groups in total. The average Bonchev–Trinajstić information content (AvgIpc) is 2.65. The van der Waals surface area contributed by atoms with Crippen molar-refractivity contribution < 1.29 is 13.6 Å². The molecule has 0 amide bonds. The zero-order valence-electron chi connectivity index (χ0n) is 16.1. The van der Waals surface area contributed by atoms with Gasteiger partial charge in [0.2, 0.25) is 0 Å². The molecule has 0 aromatic heterocycles. The first-order valence-corrected chi connectivity index (χ1v) is 9.74. The Morgan fingerprint density at radius 2 is 1.88 bits per heavy atom. The van der Waals surface area contributed by atoms with Gasteiger partial charge in [-0.1, -0.05) is 12.2 Å². The highest BCUT2D eigenvalue weighted by Crippen LogP contribution is 2.64. The van der Waals surface area contributed by atoms with Gasteiger partial charge in [0.25, 0.3) is 0 Å². The number of hydrogen-bond acceptors (Lipinski definition) is 6. The Morgan fingerprint density at radius 1 is 1.23 bits per heavy atom. The highest BCUT2D eigenvalue weighted by molar-refractivity contribution is 7.65. The summed E-state index contributed by atoms with van der Waals surface area (Å²) in [5, 5.41) is 7.83. The first kappa shape index (κ1) is 20.2. The van der Waals surface area contributed by atoms with Crippen LogP contribution in [0.1, 0.15) is 12.5 Å². The van der Waals surface area contributed by atoms with Crippen LogP contribution in [-0.2, 0) is 13.6 Å². The molecule has 1 aliphatic rings. The Kier molecular flexibility index (Phi) is 6.24. The van der Waals surface area contributed by atoms with E-state index >= 15 is 0 Å². The van der Waals surface area contributed by atoms with E-state index in [1.54, 1.807) is 12.2 Å². The molecule has 26 heavy (non-hydrogen) atoms. The van der Waals surface area contributed by atoms with Crippen molar-refractivity contribution in [2.24, 2.45) is 0 Å². The molecule has 1 heterocycles. The predicted octanol–water partition coefficient (Wildman–Crippen LogP) is 4.51. The summed E-state index contributed by atoms with van der Waals surface area (Å²) in [6, 6.07) is 5.96. The highest BCUT2D eigenvalue weighted by Gasteiger charge is 2.38. The molecule has 0 unspecified atom stereocenters. The first-order valence-electron chi connectivity index (χ1n) is 8.20. The molecular formula is C19H26N3O3P. The van der Waals surface area contributed by atoms with Gasteiger partial charge >= 0.3 is 7.60 Å². The Morgan fingerprint density at radius 3 is 2.38 bits per heavy atom. The summed E-state index contributed by atoms with van der Waals surface area (Å²) in [6.07, 6.45) is 6.50. The molecule has 0 radical (unpaired) electrons. The van der Waals surface area contributed by atoms with Gasteiger partial charge in [-0.05, 0) is 31.2 Å². The maximum Gasteiger partial charge on any atom is 0.362 e. The summed E-state index contributed by atoms with van der Waals surface area (Å²) in [7, 11) is 5.16. The Balaban J connectivity index is 2.93. The Bertz CT molecular complexity index is 832. The van der Waals surface area contributed by atoms with Crippen LogP contribution in [0.4, 0.5) is 11.4 Å².